The highest BCUT2D eigenvalue weighted by atomic mass is 16.6. The first-order valence-electron chi connectivity index (χ1n) is 3.02. The van der Waals surface area contributed by atoms with Crippen molar-refractivity contribution in [2.75, 3.05) is 6.54 Å². The van der Waals surface area contributed by atoms with Crippen LogP contribution in [0.25, 0.3) is 0 Å². The second-order valence-corrected chi connectivity index (χ2v) is 2.53. The van der Waals surface area contributed by atoms with Crippen molar-refractivity contribution in [1.82, 2.24) is 5.32 Å². The fourth-order valence-corrected chi connectivity index (χ4v) is 0.473. The van der Waals surface area contributed by atoms with Gasteiger partial charge in [-0.05, 0) is 6.92 Å². The van der Waals surface area contributed by atoms with Gasteiger partial charge in [-0.2, -0.15) is 0 Å². The van der Waals surface area contributed by atoms with E-state index in [1.54, 1.807) is 6.92 Å². The van der Waals surface area contributed by atoms with Crippen LogP contribution in [0.3, 0.4) is 0 Å². The van der Waals surface area contributed by atoms with Crippen LogP contribution in [-0.2, 0) is 14.3 Å². The minimum Gasteiger partial charge on any atom is -0.437 e. The molecule has 4 heteroatoms. The maximum absolute atomic E-state index is 10.6. The topological polar surface area (TPSA) is 65.3 Å². The quantitative estimate of drug-likeness (QED) is 0.319. The third kappa shape index (κ3) is 1.54. The molecule has 1 saturated heterocycles. The molecule has 1 N–H and O–H groups in total. The fourth-order valence-electron chi connectivity index (χ4n) is 0.473. The van der Waals surface area contributed by atoms with Gasteiger partial charge in [0.05, 0.1) is 6.54 Å². The van der Waals surface area contributed by atoms with E-state index >= 15 is 0 Å². The average Bonchev–Trinajstić information content (AvgIpc) is 2.47. The molecule has 0 spiro atoms. The van der Waals surface area contributed by atoms with E-state index in [1.807, 2.05) is 0 Å². The molecule has 4 nitrogen and oxygen atoms in total. The number of ketones is 1. The number of carbonyl (C=O) groups is 2. The second kappa shape index (κ2) is 2.05. The summed E-state index contributed by atoms with van der Waals surface area (Å²) in [5, 5.41) is 2.80. The molecule has 1 aliphatic rings. The van der Waals surface area contributed by atoms with Gasteiger partial charge in [-0.25, -0.2) is 4.79 Å². The Bertz CT molecular complexity index is 183. The van der Waals surface area contributed by atoms with Crippen LogP contribution < -0.4 is 5.32 Å². The summed E-state index contributed by atoms with van der Waals surface area (Å²) < 4.78 is 4.71. The van der Waals surface area contributed by atoms with Crippen molar-refractivity contribution < 1.29 is 14.3 Å². The minimum atomic E-state index is -0.771. The third-order valence-corrected chi connectivity index (χ3v) is 1.28. The Balaban J connectivity index is 2.39. The van der Waals surface area contributed by atoms with Crippen molar-refractivity contribution in [3.05, 3.63) is 0 Å². The molecule has 1 heterocycles. The molecule has 1 fully saturated rings. The lowest BCUT2D eigenvalue weighted by Crippen LogP contribution is -2.24. The second-order valence-electron chi connectivity index (χ2n) is 2.53. The molecule has 0 aromatic rings. The van der Waals surface area contributed by atoms with E-state index in [1.165, 1.54) is 6.92 Å². The van der Waals surface area contributed by atoms with Crippen molar-refractivity contribution in [3.63, 3.8) is 0 Å². The van der Waals surface area contributed by atoms with Gasteiger partial charge in [0.2, 0.25) is 5.78 Å². The Kier molecular flexibility index (Phi) is 1.48. The van der Waals surface area contributed by atoms with Crippen LogP contribution in [0.4, 0.5) is 0 Å². The first-order chi connectivity index (χ1) is 4.53. The number of hydrogen-bond donors (Lipinski definition) is 1. The molecule has 1 unspecified atom stereocenters. The number of rotatable bonds is 2. The van der Waals surface area contributed by atoms with Crippen LogP contribution in [0.1, 0.15) is 13.8 Å². The highest BCUT2D eigenvalue weighted by molar-refractivity contribution is 6.32. The molecule has 0 aromatic carbocycles. The lowest BCUT2D eigenvalue weighted by atomic mass is 10.4. The highest BCUT2D eigenvalue weighted by Crippen LogP contribution is 2.16. The van der Waals surface area contributed by atoms with Gasteiger partial charge in [-0.3, -0.25) is 10.1 Å². The Labute approximate surface area is 58.5 Å². The van der Waals surface area contributed by atoms with Crippen LogP contribution in [0.2, 0.25) is 0 Å². The van der Waals surface area contributed by atoms with E-state index in [0.29, 0.717) is 6.54 Å². The van der Waals surface area contributed by atoms with E-state index in [4.69, 9.17) is 4.74 Å². The molecule has 1 rings (SSSR count). The Morgan fingerprint density at radius 1 is 1.60 bits per heavy atom. The first kappa shape index (κ1) is 7.21. The summed E-state index contributed by atoms with van der Waals surface area (Å²) >= 11 is 0. The zero-order valence-corrected chi connectivity index (χ0v) is 5.93. The van der Waals surface area contributed by atoms with E-state index in [-0.39, 0.29) is 0 Å². The largest absolute Gasteiger partial charge is 0.437 e. The van der Waals surface area contributed by atoms with Crippen LogP contribution in [0.15, 0.2) is 0 Å². The van der Waals surface area contributed by atoms with Crippen LogP contribution >= 0.6 is 0 Å². The van der Waals surface area contributed by atoms with Crippen LogP contribution in [-0.4, -0.2) is 24.0 Å². The average molecular weight is 143 g/mol. The highest BCUT2D eigenvalue weighted by Gasteiger charge is 2.41. The molecule has 56 valence electrons. The van der Waals surface area contributed by atoms with Gasteiger partial charge in [0.25, 0.3) is 0 Å². The monoisotopic (exact) mass is 143 g/mol. The predicted octanol–water partition coefficient (Wildman–Crippen LogP) is -0.562. The molecule has 0 bridgehead atoms. The van der Waals surface area contributed by atoms with Gasteiger partial charge in [-0.15, -0.1) is 0 Å². The van der Waals surface area contributed by atoms with Crippen LogP contribution in [0, 0.1) is 0 Å². The Morgan fingerprint density at radius 3 is 2.40 bits per heavy atom. The summed E-state index contributed by atoms with van der Waals surface area (Å²) in [6, 6.07) is 0. The third-order valence-electron chi connectivity index (χ3n) is 1.28. The summed E-state index contributed by atoms with van der Waals surface area (Å²) in [6.07, 6.45) is 0. The van der Waals surface area contributed by atoms with Gasteiger partial charge in [0.1, 0.15) is 0 Å². The first-order valence-corrected chi connectivity index (χ1v) is 3.02. The lowest BCUT2D eigenvalue weighted by molar-refractivity contribution is -0.158. The molecule has 0 radical (unpaired) electrons. The molecule has 0 saturated carbocycles. The van der Waals surface area contributed by atoms with E-state index in [2.05, 4.69) is 5.32 Å². The van der Waals surface area contributed by atoms with E-state index in [9.17, 15) is 9.59 Å². The maximum Gasteiger partial charge on any atom is 0.376 e. The molecular formula is C6H9NO3. The van der Waals surface area contributed by atoms with Gasteiger partial charge in [0, 0.05) is 6.92 Å². The standard InChI is InChI=1S/C6H9NO3/c1-4(8)5(9)10-6(2)3-7-6/h7H,3H2,1-2H3. The molecule has 0 aliphatic carbocycles. The maximum atomic E-state index is 10.6. The van der Waals surface area contributed by atoms with Crippen molar-refractivity contribution in [1.29, 1.82) is 0 Å². The van der Waals surface area contributed by atoms with Crippen LogP contribution in [0.5, 0.6) is 0 Å². The van der Waals surface area contributed by atoms with Gasteiger partial charge < -0.3 is 4.74 Å². The van der Waals surface area contributed by atoms with Gasteiger partial charge >= 0.3 is 5.97 Å². The number of Topliss-reactive ketones (excluding diaryl/α,β-unsaturated/α-hetero) is 1. The smallest absolute Gasteiger partial charge is 0.376 e. The fraction of sp³-hybridized carbons (Fsp3) is 0.667. The summed E-state index contributed by atoms with van der Waals surface area (Å²) in [4.78, 5) is 20.9. The predicted molar refractivity (Wildman–Crippen MR) is 33.2 cm³/mol. The van der Waals surface area contributed by atoms with Crippen molar-refractivity contribution in [3.8, 4) is 0 Å². The SMILES string of the molecule is CC(=O)C(=O)OC1(C)CN1. The van der Waals surface area contributed by atoms with Crippen molar-refractivity contribution in [2.24, 2.45) is 0 Å². The van der Waals surface area contributed by atoms with Crippen molar-refractivity contribution >= 4 is 11.8 Å². The zero-order valence-electron chi connectivity index (χ0n) is 5.93. The lowest BCUT2D eigenvalue weighted by Gasteiger charge is -2.05. The van der Waals surface area contributed by atoms with Crippen molar-refractivity contribution in [2.45, 2.75) is 19.6 Å². The van der Waals surface area contributed by atoms with E-state index in [0.717, 1.165) is 0 Å². The molecular weight excluding hydrogens is 134 g/mol. The van der Waals surface area contributed by atoms with Gasteiger partial charge in [-0.1, -0.05) is 0 Å². The minimum absolute atomic E-state index is 0.560. The number of carbonyl (C=O) groups excluding carboxylic acids is 2. The summed E-state index contributed by atoms with van der Waals surface area (Å²) in [7, 11) is 0. The normalized spacial score (nSPS) is 29.4. The molecule has 10 heavy (non-hydrogen) atoms. The summed E-state index contributed by atoms with van der Waals surface area (Å²) in [6.45, 7) is 3.54. The number of ether oxygens (including phenoxy) is 1. The number of esters is 1. The molecule has 0 amide bonds. The Morgan fingerprint density at radius 2 is 2.10 bits per heavy atom. The molecule has 1 atom stereocenters. The van der Waals surface area contributed by atoms with E-state index < -0.39 is 17.5 Å². The number of hydrogen-bond acceptors (Lipinski definition) is 4. The zero-order chi connectivity index (χ0) is 7.78. The molecule has 0 aromatic heterocycles. The number of nitrogens with one attached hydrogen (secondary N) is 1. The summed E-state index contributed by atoms with van der Waals surface area (Å²) in [5.74, 6) is -1.33. The van der Waals surface area contributed by atoms with Gasteiger partial charge in [0.15, 0.2) is 5.72 Å². The molecule has 1 aliphatic heterocycles. The Hall–Kier alpha value is -0.900. The summed E-state index contributed by atoms with van der Waals surface area (Å²) in [5.41, 5.74) is -0.567.